The summed E-state index contributed by atoms with van der Waals surface area (Å²) in [6.07, 6.45) is 4.03. The van der Waals surface area contributed by atoms with E-state index < -0.39 is 23.6 Å². The normalized spacial score (nSPS) is 13.2. The van der Waals surface area contributed by atoms with Crippen LogP contribution in [0.5, 0.6) is 0 Å². The number of pyridine rings is 1. The van der Waals surface area contributed by atoms with Crippen molar-refractivity contribution >= 4 is 21.9 Å². The van der Waals surface area contributed by atoms with Crippen molar-refractivity contribution in [1.82, 2.24) is 14.5 Å². The Morgan fingerprint density at radius 3 is 2.15 bits per heavy atom. The van der Waals surface area contributed by atoms with Crippen LogP contribution in [0.2, 0.25) is 0 Å². The fourth-order valence-corrected chi connectivity index (χ4v) is 6.63. The second-order valence-corrected chi connectivity index (χ2v) is 14.7. The van der Waals surface area contributed by atoms with Gasteiger partial charge in [-0.25, -0.2) is 0 Å². The first-order chi connectivity index (χ1) is 26.9. The molecule has 3 aromatic heterocycles. The smallest absolute Gasteiger partial charge is 0.120 e. The first kappa shape index (κ1) is 33.5. The Morgan fingerprint density at radius 1 is 0.741 bits per heavy atom. The molecule has 3 heterocycles. The van der Waals surface area contributed by atoms with Crippen LogP contribution in [-0.2, 0) is 26.5 Å². The van der Waals surface area contributed by atoms with Gasteiger partial charge in [0.25, 0.3) is 0 Å². The number of fused-ring (bicyclic) bond motifs is 3. The van der Waals surface area contributed by atoms with E-state index in [2.05, 4.69) is 28.2 Å². The molecule has 5 aromatic carbocycles. The molecule has 0 aliphatic rings. The van der Waals surface area contributed by atoms with Gasteiger partial charge in [-0.15, -0.1) is 54.1 Å². The predicted octanol–water partition coefficient (Wildman–Crippen LogP) is 13.3. The molecule has 0 amide bonds. The average Bonchev–Trinajstić information content (AvgIpc) is 3.83. The SMILES string of the molecule is [2H]C(C)(C)c1cccc(C([2H])(C)C)c1-n1ccnc1-c1[c-]cccc1.[2H]C([2H])(c1ccc(-c2ccnc(-c3[c-]ccc4c3oc3ccccc34)c2)cc1)C(C)(C)C.[Ir]. The van der Waals surface area contributed by atoms with E-state index >= 15 is 0 Å². The third-order valence-electron chi connectivity index (χ3n) is 9.04. The molecular formula is C49H47IrN3O-2. The zero-order chi connectivity index (χ0) is 40.8. The molecule has 54 heavy (non-hydrogen) atoms. The average molecular weight is 890 g/mol. The topological polar surface area (TPSA) is 43.9 Å². The zero-order valence-electron chi connectivity index (χ0n) is 35.8. The Kier molecular flexibility index (Phi) is 10.2. The largest absolute Gasteiger partial charge is 0.501 e. The van der Waals surface area contributed by atoms with E-state index in [0.29, 0.717) is 5.56 Å². The van der Waals surface area contributed by atoms with E-state index in [-0.39, 0.29) is 20.1 Å². The Hall–Kier alpha value is -5.09. The van der Waals surface area contributed by atoms with Crippen LogP contribution < -0.4 is 0 Å². The van der Waals surface area contributed by atoms with Crippen LogP contribution in [0, 0.1) is 17.5 Å². The van der Waals surface area contributed by atoms with Gasteiger partial charge in [0.2, 0.25) is 0 Å². The fourth-order valence-electron chi connectivity index (χ4n) is 6.63. The van der Waals surface area contributed by atoms with Crippen LogP contribution >= 0.6 is 0 Å². The van der Waals surface area contributed by atoms with E-state index in [4.69, 9.17) is 9.90 Å². The molecule has 5 heteroatoms. The molecule has 8 aromatic rings. The molecule has 4 nitrogen and oxygen atoms in total. The number of para-hydroxylation sites is 2. The molecular weight excluding hydrogens is 839 g/mol. The van der Waals surface area contributed by atoms with Gasteiger partial charge in [0, 0.05) is 55.3 Å². The Bertz CT molecular complexity index is 2630. The Balaban J connectivity index is 0.000000198. The Labute approximate surface area is 339 Å². The van der Waals surface area contributed by atoms with Crippen LogP contribution in [0.25, 0.3) is 61.4 Å². The van der Waals surface area contributed by atoms with Crippen LogP contribution in [0.3, 0.4) is 0 Å². The summed E-state index contributed by atoms with van der Waals surface area (Å²) < 4.78 is 42.3. The molecule has 0 unspecified atom stereocenters. The number of rotatable bonds is 7. The van der Waals surface area contributed by atoms with Gasteiger partial charge in [0.15, 0.2) is 0 Å². The van der Waals surface area contributed by atoms with Gasteiger partial charge >= 0.3 is 0 Å². The van der Waals surface area contributed by atoms with Gasteiger partial charge in [0.1, 0.15) is 5.58 Å². The van der Waals surface area contributed by atoms with Crippen molar-refractivity contribution in [2.75, 3.05) is 0 Å². The monoisotopic (exact) mass is 890 g/mol. The summed E-state index contributed by atoms with van der Waals surface area (Å²) >= 11 is 0. The first-order valence-electron chi connectivity index (χ1n) is 20.0. The third kappa shape index (κ3) is 8.34. The summed E-state index contributed by atoms with van der Waals surface area (Å²) in [4.78, 5) is 9.11. The quantitative estimate of drug-likeness (QED) is 0.150. The molecule has 0 fully saturated rings. The van der Waals surface area contributed by atoms with E-state index in [1.54, 1.807) is 12.4 Å². The molecule has 8 rings (SSSR count). The van der Waals surface area contributed by atoms with Crippen LogP contribution in [0.1, 0.15) is 82.4 Å². The first-order valence-corrected chi connectivity index (χ1v) is 18.0. The number of imidazole rings is 1. The maximum Gasteiger partial charge on any atom is 0.120 e. The number of aromatic nitrogens is 3. The molecule has 1 radical (unpaired) electrons. The van der Waals surface area contributed by atoms with Gasteiger partial charge in [-0.3, -0.25) is 4.98 Å². The molecule has 0 N–H and O–H groups in total. The second kappa shape index (κ2) is 16.5. The van der Waals surface area contributed by atoms with Crippen LogP contribution in [-0.4, -0.2) is 14.5 Å². The molecule has 0 bridgehead atoms. The number of hydrogen-bond acceptors (Lipinski definition) is 3. The minimum Gasteiger partial charge on any atom is -0.501 e. The maximum absolute atomic E-state index is 8.59. The summed E-state index contributed by atoms with van der Waals surface area (Å²) in [6, 6.07) is 43.8. The maximum atomic E-state index is 8.59. The van der Waals surface area contributed by atoms with Crippen molar-refractivity contribution in [3.8, 4) is 39.5 Å². The van der Waals surface area contributed by atoms with Crippen molar-refractivity contribution in [3.05, 3.63) is 163 Å². The van der Waals surface area contributed by atoms with E-state index in [1.807, 2.05) is 168 Å². The van der Waals surface area contributed by atoms with E-state index in [0.717, 1.165) is 72.5 Å². The van der Waals surface area contributed by atoms with Gasteiger partial charge in [-0.05, 0) is 69.2 Å². The standard InChI is InChI=1S/C28H24NO.C21H23N2.Ir/c1-28(2,3)18-19-11-13-20(14-12-19)21-15-16-29-25(17-21)24-9-6-8-23-22-7-4-5-10-26(22)30-27(23)24;1-15(2)18-11-8-12-19(16(3)4)20(18)23-14-13-22-21(23)17-9-6-5-7-10-17;/h4-8,10-17H,18H2,1-3H3;5-9,11-16H,1-4H3;/q2*-1;/i18D2;15D,16D;. The second-order valence-electron chi connectivity index (χ2n) is 14.7. The van der Waals surface area contributed by atoms with Crippen molar-refractivity contribution in [3.63, 3.8) is 0 Å². The van der Waals surface area contributed by atoms with Crippen LogP contribution in [0.4, 0.5) is 0 Å². The minimum absolute atomic E-state index is 0. The van der Waals surface area contributed by atoms with Crippen molar-refractivity contribution < 1.29 is 30.0 Å². The van der Waals surface area contributed by atoms with Gasteiger partial charge in [-0.2, -0.15) is 0 Å². The fraction of sp³-hybridized carbons (Fsp3) is 0.224. The van der Waals surface area contributed by atoms with Crippen molar-refractivity contribution in [2.45, 2.75) is 66.6 Å². The molecule has 0 saturated heterocycles. The molecule has 0 saturated carbocycles. The van der Waals surface area contributed by atoms with Crippen molar-refractivity contribution in [2.24, 2.45) is 5.41 Å². The summed E-state index contributed by atoms with van der Waals surface area (Å²) in [5.41, 5.74) is 8.99. The minimum atomic E-state index is -1.42. The van der Waals surface area contributed by atoms with Gasteiger partial charge in [-0.1, -0.05) is 126 Å². The molecule has 0 atom stereocenters. The Morgan fingerprint density at radius 2 is 1.46 bits per heavy atom. The molecule has 0 aliphatic heterocycles. The number of hydrogen-bond donors (Lipinski definition) is 0. The summed E-state index contributed by atoms with van der Waals surface area (Å²) in [6.45, 7) is 13.3. The summed E-state index contributed by atoms with van der Waals surface area (Å²) in [5, 5.41) is 2.13. The van der Waals surface area contributed by atoms with Gasteiger partial charge in [0.05, 0.1) is 11.4 Å². The molecule has 275 valence electrons. The third-order valence-corrected chi connectivity index (χ3v) is 9.04. The molecule has 0 aliphatic carbocycles. The zero-order valence-corrected chi connectivity index (χ0v) is 34.2. The van der Waals surface area contributed by atoms with Gasteiger partial charge < -0.3 is 14.0 Å². The van der Waals surface area contributed by atoms with Crippen molar-refractivity contribution in [1.29, 1.82) is 0 Å². The summed E-state index contributed by atoms with van der Waals surface area (Å²) in [7, 11) is 0. The van der Waals surface area contributed by atoms with Crippen LogP contribution in [0.15, 0.2) is 138 Å². The number of benzene rings is 5. The predicted molar refractivity (Wildman–Crippen MR) is 220 cm³/mol. The van der Waals surface area contributed by atoms with E-state index in [1.165, 1.54) is 0 Å². The number of nitrogens with zero attached hydrogens (tertiary/aromatic N) is 3. The molecule has 0 spiro atoms. The van der Waals surface area contributed by atoms with E-state index in [9.17, 15) is 0 Å². The number of furan rings is 1. The summed E-state index contributed by atoms with van der Waals surface area (Å²) in [5.74, 6) is -0.820.